The molecule has 20 heavy (non-hydrogen) atoms. The van der Waals surface area contributed by atoms with Crippen molar-refractivity contribution in [3.63, 3.8) is 0 Å². The maximum absolute atomic E-state index is 12.1. The molecule has 6 heteroatoms. The molecule has 0 radical (unpaired) electrons. The first kappa shape index (κ1) is 16.0. The lowest BCUT2D eigenvalue weighted by atomic mass is 10.1. The van der Waals surface area contributed by atoms with Gasteiger partial charge < -0.3 is 10.1 Å². The Morgan fingerprint density at radius 2 is 1.85 bits per heavy atom. The summed E-state index contributed by atoms with van der Waals surface area (Å²) >= 11 is 0. The number of ether oxygens (including phenoxy) is 1. The number of hydrogen-bond acceptors (Lipinski definition) is 4. The number of carbonyl (C=O) groups excluding carboxylic acids is 2. The highest BCUT2D eigenvalue weighted by Gasteiger charge is 2.26. The van der Waals surface area contributed by atoms with E-state index < -0.39 is 23.6 Å². The second-order valence-corrected chi connectivity index (χ2v) is 5.39. The molecule has 0 bridgehead atoms. The van der Waals surface area contributed by atoms with Gasteiger partial charge in [0.15, 0.2) is 0 Å². The summed E-state index contributed by atoms with van der Waals surface area (Å²) in [6.07, 6.45) is 0.336. The van der Waals surface area contributed by atoms with Gasteiger partial charge in [0.25, 0.3) is 0 Å². The molecule has 0 aliphatic rings. The van der Waals surface area contributed by atoms with Crippen LogP contribution in [0.2, 0.25) is 0 Å². The predicted molar refractivity (Wildman–Crippen MR) is 75.6 cm³/mol. The largest absolute Gasteiger partial charge is 0.458 e. The number of rotatable bonds is 4. The molecule has 6 nitrogen and oxygen atoms in total. The van der Waals surface area contributed by atoms with Crippen LogP contribution in [0.1, 0.15) is 26.3 Å². The van der Waals surface area contributed by atoms with Crippen LogP contribution in [0.25, 0.3) is 0 Å². The van der Waals surface area contributed by atoms with Gasteiger partial charge in [0, 0.05) is 6.42 Å². The minimum Gasteiger partial charge on any atom is -0.458 e. The first-order valence-corrected chi connectivity index (χ1v) is 6.36. The predicted octanol–water partition coefficient (Wildman–Crippen LogP) is 1.11. The third-order valence-electron chi connectivity index (χ3n) is 2.41. The quantitative estimate of drug-likeness (QED) is 0.333. The van der Waals surface area contributed by atoms with Gasteiger partial charge in [-0.1, -0.05) is 30.3 Å². The van der Waals surface area contributed by atoms with Gasteiger partial charge in [0.2, 0.25) is 0 Å². The molecule has 110 valence electrons. The number of hydrazine groups is 1. The first-order chi connectivity index (χ1) is 9.31. The van der Waals surface area contributed by atoms with Gasteiger partial charge in [-0.25, -0.2) is 15.4 Å². The molecule has 1 aromatic carbocycles. The summed E-state index contributed by atoms with van der Waals surface area (Å²) in [6.45, 7) is 5.31. The molecular weight excluding hydrogens is 258 g/mol. The Hall–Kier alpha value is -2.08. The standard InChI is InChI=1S/C14H21N3O3/c1-14(2,3)20-12(18)11(16-13(19)17-15)9-10-7-5-4-6-8-10/h4-8,11H,9,15H2,1-3H3,(H2,16,17,19)/t11-/m1/s1. The summed E-state index contributed by atoms with van der Waals surface area (Å²) in [4.78, 5) is 23.4. The minimum absolute atomic E-state index is 0.336. The maximum Gasteiger partial charge on any atom is 0.329 e. The van der Waals surface area contributed by atoms with Crippen molar-refractivity contribution in [3.05, 3.63) is 35.9 Å². The molecule has 1 rings (SSSR count). The van der Waals surface area contributed by atoms with Crippen LogP contribution in [0, 0.1) is 0 Å². The summed E-state index contributed by atoms with van der Waals surface area (Å²) in [7, 11) is 0. The molecule has 0 aliphatic carbocycles. The van der Waals surface area contributed by atoms with Gasteiger partial charge in [0.1, 0.15) is 11.6 Å². The van der Waals surface area contributed by atoms with E-state index in [-0.39, 0.29) is 0 Å². The fourth-order valence-electron chi connectivity index (χ4n) is 1.62. The second-order valence-electron chi connectivity index (χ2n) is 5.39. The second kappa shape index (κ2) is 6.91. The number of carbonyl (C=O) groups is 2. The van der Waals surface area contributed by atoms with Crippen molar-refractivity contribution in [2.45, 2.75) is 38.8 Å². The van der Waals surface area contributed by atoms with E-state index in [2.05, 4.69) is 5.32 Å². The summed E-state index contributed by atoms with van der Waals surface area (Å²) in [5, 5.41) is 2.49. The fourth-order valence-corrected chi connectivity index (χ4v) is 1.62. The van der Waals surface area contributed by atoms with E-state index >= 15 is 0 Å². The van der Waals surface area contributed by atoms with Gasteiger partial charge in [-0.15, -0.1) is 0 Å². The molecule has 0 unspecified atom stereocenters. The van der Waals surface area contributed by atoms with Crippen LogP contribution in [-0.4, -0.2) is 23.6 Å². The average Bonchev–Trinajstić information content (AvgIpc) is 2.37. The zero-order valence-corrected chi connectivity index (χ0v) is 12.0. The smallest absolute Gasteiger partial charge is 0.329 e. The van der Waals surface area contributed by atoms with Crippen molar-refractivity contribution in [2.24, 2.45) is 5.84 Å². The van der Waals surface area contributed by atoms with Crippen molar-refractivity contribution in [1.29, 1.82) is 0 Å². The third kappa shape index (κ3) is 5.71. The molecule has 0 aliphatic heterocycles. The van der Waals surface area contributed by atoms with Crippen molar-refractivity contribution < 1.29 is 14.3 Å². The molecular formula is C14H21N3O3. The number of benzene rings is 1. The molecule has 0 saturated carbocycles. The molecule has 4 N–H and O–H groups in total. The lowest BCUT2D eigenvalue weighted by Crippen LogP contribution is -2.50. The molecule has 2 amide bonds. The lowest BCUT2D eigenvalue weighted by molar-refractivity contribution is -0.157. The molecule has 1 atom stereocenters. The van der Waals surface area contributed by atoms with E-state index in [4.69, 9.17) is 10.6 Å². The highest BCUT2D eigenvalue weighted by atomic mass is 16.6. The zero-order chi connectivity index (χ0) is 15.2. The van der Waals surface area contributed by atoms with Crippen molar-refractivity contribution in [2.75, 3.05) is 0 Å². The van der Waals surface area contributed by atoms with Crippen molar-refractivity contribution in [3.8, 4) is 0 Å². The van der Waals surface area contributed by atoms with E-state index in [1.807, 2.05) is 35.8 Å². The Kier molecular flexibility index (Phi) is 5.52. The van der Waals surface area contributed by atoms with Crippen LogP contribution >= 0.6 is 0 Å². The van der Waals surface area contributed by atoms with Crippen LogP contribution < -0.4 is 16.6 Å². The Labute approximate surface area is 118 Å². The van der Waals surface area contributed by atoms with E-state index in [0.717, 1.165) is 5.56 Å². The fraction of sp³-hybridized carbons (Fsp3) is 0.429. The summed E-state index contributed by atoms with van der Waals surface area (Å²) in [6, 6.07) is 7.94. The average molecular weight is 279 g/mol. The summed E-state index contributed by atoms with van der Waals surface area (Å²) < 4.78 is 5.30. The van der Waals surface area contributed by atoms with Crippen LogP contribution in [0.4, 0.5) is 4.79 Å². The normalized spacial score (nSPS) is 12.4. The molecule has 0 spiro atoms. The van der Waals surface area contributed by atoms with Gasteiger partial charge in [-0.3, -0.25) is 5.43 Å². The van der Waals surface area contributed by atoms with Gasteiger partial charge in [-0.2, -0.15) is 0 Å². The van der Waals surface area contributed by atoms with Crippen molar-refractivity contribution >= 4 is 12.0 Å². The number of nitrogens with two attached hydrogens (primary N) is 1. The molecule has 0 aromatic heterocycles. The maximum atomic E-state index is 12.1. The van der Waals surface area contributed by atoms with Gasteiger partial charge in [-0.05, 0) is 26.3 Å². The van der Waals surface area contributed by atoms with E-state index in [0.29, 0.717) is 6.42 Å². The lowest BCUT2D eigenvalue weighted by Gasteiger charge is -2.24. The Balaban J connectivity index is 2.79. The van der Waals surface area contributed by atoms with Crippen LogP contribution in [0.15, 0.2) is 30.3 Å². The van der Waals surface area contributed by atoms with E-state index in [9.17, 15) is 9.59 Å². The topological polar surface area (TPSA) is 93.4 Å². The number of nitrogens with one attached hydrogen (secondary N) is 2. The first-order valence-electron chi connectivity index (χ1n) is 6.36. The highest BCUT2D eigenvalue weighted by molar-refractivity contribution is 5.83. The van der Waals surface area contributed by atoms with E-state index in [1.54, 1.807) is 20.8 Å². The number of hydrogen-bond donors (Lipinski definition) is 3. The molecule has 1 aromatic rings. The monoisotopic (exact) mass is 279 g/mol. The van der Waals surface area contributed by atoms with Crippen LogP contribution in [-0.2, 0) is 16.0 Å². The Morgan fingerprint density at radius 1 is 1.25 bits per heavy atom. The highest BCUT2D eigenvalue weighted by Crippen LogP contribution is 2.11. The summed E-state index contributed by atoms with van der Waals surface area (Å²) in [5.41, 5.74) is 2.24. The summed E-state index contributed by atoms with van der Waals surface area (Å²) in [5.74, 6) is 4.53. The molecule has 0 saturated heterocycles. The number of amides is 2. The molecule has 0 heterocycles. The Bertz CT molecular complexity index is 454. The molecule has 0 fully saturated rings. The van der Waals surface area contributed by atoms with Crippen LogP contribution in [0.5, 0.6) is 0 Å². The SMILES string of the molecule is CC(C)(C)OC(=O)[C@@H](Cc1ccccc1)NC(=O)NN. The zero-order valence-electron chi connectivity index (χ0n) is 12.0. The van der Waals surface area contributed by atoms with Gasteiger partial charge >= 0.3 is 12.0 Å². The van der Waals surface area contributed by atoms with Gasteiger partial charge in [0.05, 0.1) is 0 Å². The number of urea groups is 1. The number of esters is 1. The van der Waals surface area contributed by atoms with Crippen molar-refractivity contribution in [1.82, 2.24) is 10.7 Å². The third-order valence-corrected chi connectivity index (χ3v) is 2.41. The van der Waals surface area contributed by atoms with Crippen LogP contribution in [0.3, 0.4) is 0 Å². The van der Waals surface area contributed by atoms with E-state index in [1.165, 1.54) is 0 Å². The Morgan fingerprint density at radius 3 is 2.35 bits per heavy atom. The minimum atomic E-state index is -0.792.